The molecule has 104 valence electrons. The van der Waals surface area contributed by atoms with Crippen molar-refractivity contribution in [1.29, 1.82) is 0 Å². The van der Waals surface area contributed by atoms with Crippen molar-refractivity contribution < 1.29 is 17.9 Å². The van der Waals surface area contributed by atoms with Crippen LogP contribution in [0.4, 0.5) is 0 Å². The topological polar surface area (TPSA) is 70.4 Å². The molecule has 1 heterocycles. The molecule has 0 aromatic carbocycles. The number of aryl methyl sites for hydroxylation is 1. The van der Waals surface area contributed by atoms with Gasteiger partial charge in [0.2, 0.25) is 0 Å². The van der Waals surface area contributed by atoms with Gasteiger partial charge in [-0.2, -0.15) is 0 Å². The maximum absolute atomic E-state index is 11.0. The van der Waals surface area contributed by atoms with Gasteiger partial charge >= 0.3 is 0 Å². The van der Waals surface area contributed by atoms with Gasteiger partial charge in [0.25, 0.3) is 0 Å². The van der Waals surface area contributed by atoms with Gasteiger partial charge in [-0.1, -0.05) is 0 Å². The minimum absolute atomic E-state index is 0.110. The van der Waals surface area contributed by atoms with Crippen LogP contribution in [0.5, 0.6) is 0 Å². The Balaban J connectivity index is 2.39. The minimum atomic E-state index is -2.95. The first-order valence-corrected chi connectivity index (χ1v) is 7.88. The van der Waals surface area contributed by atoms with E-state index in [-0.39, 0.29) is 12.0 Å². The van der Waals surface area contributed by atoms with E-state index < -0.39 is 9.84 Å². The average molecular weight is 276 g/mol. The Kier molecular flexibility index (Phi) is 5.77. The number of nitrogens with zero attached hydrogens (tertiary/aromatic N) is 2. The van der Waals surface area contributed by atoms with Gasteiger partial charge in [0.05, 0.1) is 24.4 Å². The monoisotopic (exact) mass is 276 g/mol. The molecule has 0 spiro atoms. The molecular weight excluding hydrogens is 256 g/mol. The quantitative estimate of drug-likeness (QED) is 0.658. The van der Waals surface area contributed by atoms with E-state index in [4.69, 9.17) is 9.47 Å². The maximum atomic E-state index is 11.0. The standard InChI is InChI=1S/C11H20N2O4S/c1-4-16-10(2)17-8-11-7-13(9-12-11)5-6-18(3,14)15/h7,9-10H,4-6,8H2,1-3H3. The van der Waals surface area contributed by atoms with Gasteiger partial charge in [0, 0.05) is 25.6 Å². The zero-order valence-electron chi connectivity index (χ0n) is 11.0. The number of ether oxygens (including phenoxy) is 2. The Morgan fingerprint density at radius 3 is 2.78 bits per heavy atom. The van der Waals surface area contributed by atoms with Crippen molar-refractivity contribution in [2.45, 2.75) is 33.3 Å². The van der Waals surface area contributed by atoms with Crippen molar-refractivity contribution in [2.75, 3.05) is 18.6 Å². The summed E-state index contributed by atoms with van der Waals surface area (Å²) in [6.45, 7) is 5.09. The Bertz CT molecular complexity index is 455. The van der Waals surface area contributed by atoms with Crippen LogP contribution in [0.15, 0.2) is 12.5 Å². The lowest BCUT2D eigenvalue weighted by atomic mass is 10.5. The summed E-state index contributed by atoms with van der Waals surface area (Å²) in [5, 5.41) is 0. The lowest BCUT2D eigenvalue weighted by Crippen LogP contribution is -2.12. The first-order chi connectivity index (χ1) is 8.40. The molecule has 0 radical (unpaired) electrons. The van der Waals surface area contributed by atoms with Crippen LogP contribution in [0.3, 0.4) is 0 Å². The molecule has 0 aliphatic heterocycles. The molecule has 0 saturated heterocycles. The van der Waals surface area contributed by atoms with E-state index in [1.165, 1.54) is 6.26 Å². The fourth-order valence-electron chi connectivity index (χ4n) is 1.36. The number of hydrogen-bond donors (Lipinski definition) is 0. The molecule has 6 nitrogen and oxygen atoms in total. The highest BCUT2D eigenvalue weighted by Gasteiger charge is 2.06. The molecule has 0 saturated carbocycles. The molecular formula is C11H20N2O4S. The van der Waals surface area contributed by atoms with Crippen LogP contribution in [0.25, 0.3) is 0 Å². The minimum Gasteiger partial charge on any atom is -0.353 e. The molecule has 1 unspecified atom stereocenters. The van der Waals surface area contributed by atoms with E-state index in [1.807, 2.05) is 13.8 Å². The van der Waals surface area contributed by atoms with Gasteiger partial charge in [-0.25, -0.2) is 13.4 Å². The van der Waals surface area contributed by atoms with E-state index >= 15 is 0 Å². The van der Waals surface area contributed by atoms with Gasteiger partial charge in [-0.3, -0.25) is 0 Å². The smallest absolute Gasteiger partial charge is 0.155 e. The number of imidazole rings is 1. The Morgan fingerprint density at radius 1 is 1.44 bits per heavy atom. The lowest BCUT2D eigenvalue weighted by Gasteiger charge is -2.11. The van der Waals surface area contributed by atoms with Gasteiger partial charge < -0.3 is 14.0 Å². The number of aromatic nitrogens is 2. The molecule has 0 bridgehead atoms. The summed E-state index contributed by atoms with van der Waals surface area (Å²) in [4.78, 5) is 4.14. The van der Waals surface area contributed by atoms with Crippen LogP contribution in [0.1, 0.15) is 19.5 Å². The maximum Gasteiger partial charge on any atom is 0.155 e. The van der Waals surface area contributed by atoms with Crippen LogP contribution >= 0.6 is 0 Å². The fourth-order valence-corrected chi connectivity index (χ4v) is 1.90. The third-order valence-corrected chi connectivity index (χ3v) is 3.20. The summed E-state index contributed by atoms with van der Waals surface area (Å²) in [5.74, 6) is 0.110. The molecule has 18 heavy (non-hydrogen) atoms. The second-order valence-electron chi connectivity index (χ2n) is 4.07. The summed E-state index contributed by atoms with van der Waals surface area (Å²) < 4.78 is 34.4. The lowest BCUT2D eigenvalue weighted by molar-refractivity contribution is -0.135. The molecule has 0 aliphatic carbocycles. The van der Waals surface area contributed by atoms with Crippen molar-refractivity contribution in [3.8, 4) is 0 Å². The second kappa shape index (κ2) is 6.86. The SMILES string of the molecule is CCOC(C)OCc1cn(CCS(C)(=O)=O)cn1. The van der Waals surface area contributed by atoms with E-state index in [0.717, 1.165) is 5.69 Å². The predicted octanol–water partition coefficient (Wildman–Crippen LogP) is 0.827. The van der Waals surface area contributed by atoms with Crippen molar-refractivity contribution >= 4 is 9.84 Å². The Hall–Kier alpha value is -0.920. The van der Waals surface area contributed by atoms with Crippen LogP contribution in [-0.4, -0.2) is 42.9 Å². The van der Waals surface area contributed by atoms with Gasteiger partial charge in [0.1, 0.15) is 9.84 Å². The zero-order valence-corrected chi connectivity index (χ0v) is 11.8. The molecule has 1 rings (SSSR count). The second-order valence-corrected chi connectivity index (χ2v) is 6.33. The summed E-state index contributed by atoms with van der Waals surface area (Å²) in [7, 11) is -2.95. The summed E-state index contributed by atoms with van der Waals surface area (Å²) in [6, 6.07) is 0. The van der Waals surface area contributed by atoms with Crippen molar-refractivity contribution in [2.24, 2.45) is 0 Å². The van der Waals surface area contributed by atoms with E-state index in [9.17, 15) is 8.42 Å². The third-order valence-electron chi connectivity index (χ3n) is 2.27. The van der Waals surface area contributed by atoms with E-state index in [2.05, 4.69) is 4.98 Å². The van der Waals surface area contributed by atoms with Gasteiger partial charge in [-0.05, 0) is 13.8 Å². The highest BCUT2D eigenvalue weighted by Crippen LogP contribution is 2.03. The van der Waals surface area contributed by atoms with E-state index in [0.29, 0.717) is 19.8 Å². The average Bonchev–Trinajstić information content (AvgIpc) is 2.71. The van der Waals surface area contributed by atoms with Crippen LogP contribution in [0.2, 0.25) is 0 Å². The summed E-state index contributed by atoms with van der Waals surface area (Å²) in [6.07, 6.45) is 4.34. The fraction of sp³-hybridized carbons (Fsp3) is 0.727. The predicted molar refractivity (Wildman–Crippen MR) is 67.8 cm³/mol. The van der Waals surface area contributed by atoms with Crippen molar-refractivity contribution in [1.82, 2.24) is 9.55 Å². The molecule has 0 aliphatic rings. The van der Waals surface area contributed by atoms with Crippen molar-refractivity contribution in [3.05, 3.63) is 18.2 Å². The molecule has 0 fully saturated rings. The Labute approximate surface area is 108 Å². The van der Waals surface area contributed by atoms with Gasteiger partial charge in [0.15, 0.2) is 6.29 Å². The van der Waals surface area contributed by atoms with Crippen molar-refractivity contribution in [3.63, 3.8) is 0 Å². The van der Waals surface area contributed by atoms with Crippen LogP contribution in [-0.2, 0) is 32.5 Å². The van der Waals surface area contributed by atoms with Crippen LogP contribution in [0, 0.1) is 0 Å². The number of rotatable bonds is 8. The summed E-state index contributed by atoms with van der Waals surface area (Å²) >= 11 is 0. The van der Waals surface area contributed by atoms with Crippen LogP contribution < -0.4 is 0 Å². The largest absolute Gasteiger partial charge is 0.353 e. The van der Waals surface area contributed by atoms with Gasteiger partial charge in [-0.15, -0.1) is 0 Å². The molecule has 7 heteroatoms. The third kappa shape index (κ3) is 6.13. The molecule has 1 atom stereocenters. The highest BCUT2D eigenvalue weighted by atomic mass is 32.2. The van der Waals surface area contributed by atoms with E-state index in [1.54, 1.807) is 17.1 Å². The first kappa shape index (κ1) is 15.1. The first-order valence-electron chi connectivity index (χ1n) is 5.82. The molecule has 0 N–H and O–H groups in total. The summed E-state index contributed by atoms with van der Waals surface area (Å²) in [5.41, 5.74) is 0.759. The number of hydrogen-bond acceptors (Lipinski definition) is 5. The molecule has 0 amide bonds. The zero-order chi connectivity index (χ0) is 13.6. The highest BCUT2D eigenvalue weighted by molar-refractivity contribution is 7.90. The molecule has 1 aromatic heterocycles. The Morgan fingerprint density at radius 2 is 2.17 bits per heavy atom. The normalized spacial score (nSPS) is 13.7. The number of sulfone groups is 1. The molecule has 1 aromatic rings.